The normalized spacial score (nSPS) is 26.0. The monoisotopic (exact) mass is 322 g/mol. The molecule has 0 aromatic heterocycles. The van der Waals surface area contributed by atoms with Crippen LogP contribution in [-0.2, 0) is 4.79 Å². The van der Waals surface area contributed by atoms with Crippen LogP contribution in [0.2, 0.25) is 0 Å². The van der Waals surface area contributed by atoms with Gasteiger partial charge in [0.05, 0.1) is 5.71 Å². The van der Waals surface area contributed by atoms with Gasteiger partial charge in [-0.1, -0.05) is 43.2 Å². The molecule has 2 N–H and O–H groups in total. The Morgan fingerprint density at radius 2 is 1.83 bits per heavy atom. The van der Waals surface area contributed by atoms with Crippen LogP contribution in [0.1, 0.15) is 38.2 Å². The molecule has 0 aliphatic heterocycles. The molecule has 4 heteroatoms. The van der Waals surface area contributed by atoms with E-state index in [1.807, 2.05) is 43.3 Å². The number of hydrogen-bond donors (Lipinski definition) is 2. The molecule has 4 nitrogen and oxygen atoms in total. The third-order valence-electron chi connectivity index (χ3n) is 5.58. The summed E-state index contributed by atoms with van der Waals surface area (Å²) in [6.45, 7) is 1.81. The number of hydrazone groups is 1. The highest BCUT2D eigenvalue weighted by molar-refractivity contribution is 6.06. The molecule has 0 spiro atoms. The van der Waals surface area contributed by atoms with Crippen molar-refractivity contribution in [2.45, 2.75) is 32.6 Å². The van der Waals surface area contributed by atoms with Crippen LogP contribution in [0.25, 0.3) is 10.8 Å². The Bertz CT molecular complexity index is 815. The van der Waals surface area contributed by atoms with Gasteiger partial charge in [-0.2, -0.15) is 5.10 Å². The van der Waals surface area contributed by atoms with Crippen LogP contribution in [0.3, 0.4) is 0 Å². The molecule has 0 heterocycles. The number of aromatic hydroxyl groups is 1. The number of rotatable bonds is 3. The van der Waals surface area contributed by atoms with E-state index < -0.39 is 0 Å². The van der Waals surface area contributed by atoms with E-state index in [2.05, 4.69) is 10.5 Å². The first-order valence-corrected chi connectivity index (χ1v) is 8.72. The number of hydrogen-bond acceptors (Lipinski definition) is 3. The second kappa shape index (κ2) is 5.93. The van der Waals surface area contributed by atoms with Crippen molar-refractivity contribution in [1.29, 1.82) is 0 Å². The summed E-state index contributed by atoms with van der Waals surface area (Å²) in [6, 6.07) is 11.5. The topological polar surface area (TPSA) is 61.7 Å². The fraction of sp³-hybridized carbons (Fsp3) is 0.400. The van der Waals surface area contributed by atoms with E-state index in [9.17, 15) is 9.90 Å². The van der Waals surface area contributed by atoms with Crippen molar-refractivity contribution < 1.29 is 9.90 Å². The Morgan fingerprint density at radius 3 is 2.58 bits per heavy atom. The molecule has 1 amide bonds. The van der Waals surface area contributed by atoms with Crippen LogP contribution in [-0.4, -0.2) is 16.7 Å². The predicted molar refractivity (Wildman–Crippen MR) is 94.9 cm³/mol. The van der Waals surface area contributed by atoms with Crippen LogP contribution in [0.5, 0.6) is 5.75 Å². The second-order valence-electron chi connectivity index (χ2n) is 6.99. The average Bonchev–Trinajstić information content (AvgIpc) is 3.34. The molecule has 0 bridgehead atoms. The number of nitrogens with one attached hydrogen (secondary N) is 1. The van der Waals surface area contributed by atoms with E-state index in [-0.39, 0.29) is 17.6 Å². The van der Waals surface area contributed by atoms with Gasteiger partial charge in [-0.25, -0.2) is 5.43 Å². The molecule has 2 aromatic carbocycles. The Kier molecular flexibility index (Phi) is 3.75. The molecule has 2 atom stereocenters. The maximum atomic E-state index is 12.3. The fourth-order valence-electron chi connectivity index (χ4n) is 4.20. The number of carbonyl (C=O) groups is 1. The van der Waals surface area contributed by atoms with Crippen molar-refractivity contribution in [1.82, 2.24) is 5.43 Å². The SMILES string of the molecule is C/C(=N\NC(=O)C1C2CCCCC21)c1ccc2ccccc2c1O. The number of benzene rings is 2. The highest BCUT2D eigenvalue weighted by Gasteiger charge is 2.54. The van der Waals surface area contributed by atoms with Gasteiger partial charge in [0.25, 0.3) is 0 Å². The van der Waals surface area contributed by atoms with Gasteiger partial charge in [0.1, 0.15) is 5.75 Å². The third kappa shape index (κ3) is 2.56. The Morgan fingerprint density at radius 1 is 1.12 bits per heavy atom. The predicted octanol–water partition coefficient (Wildman–Crippen LogP) is 3.82. The maximum Gasteiger partial charge on any atom is 0.243 e. The largest absolute Gasteiger partial charge is 0.507 e. The molecule has 2 unspecified atom stereocenters. The molecule has 2 saturated carbocycles. The number of nitrogens with zero attached hydrogens (tertiary/aromatic N) is 1. The standard InChI is InChI=1S/C20H22N2O2/c1-12(14-11-10-13-6-2-3-7-15(13)19(14)23)21-22-20(24)18-16-8-4-5-9-17(16)18/h2-3,6-7,10-11,16-18,23H,4-5,8-9H2,1H3,(H,22,24)/b21-12+. The average molecular weight is 322 g/mol. The lowest BCUT2D eigenvalue weighted by Crippen LogP contribution is -2.22. The number of carbonyl (C=O) groups excluding carboxylic acids is 1. The van der Waals surface area contributed by atoms with Gasteiger partial charge in [-0.05, 0) is 43.1 Å². The van der Waals surface area contributed by atoms with Gasteiger partial charge in [0.15, 0.2) is 0 Å². The second-order valence-corrected chi connectivity index (χ2v) is 6.99. The van der Waals surface area contributed by atoms with Crippen molar-refractivity contribution in [3.8, 4) is 5.75 Å². The molecule has 2 fully saturated rings. The lowest BCUT2D eigenvalue weighted by atomic mass is 10.0. The molecule has 2 aromatic rings. The highest BCUT2D eigenvalue weighted by atomic mass is 16.3. The minimum atomic E-state index is 0.0338. The van der Waals surface area contributed by atoms with Gasteiger partial charge in [-0.15, -0.1) is 0 Å². The van der Waals surface area contributed by atoms with Gasteiger partial charge >= 0.3 is 0 Å². The zero-order valence-corrected chi connectivity index (χ0v) is 13.8. The summed E-state index contributed by atoms with van der Waals surface area (Å²) in [5.74, 6) is 1.54. The molecule has 124 valence electrons. The summed E-state index contributed by atoms with van der Waals surface area (Å²) in [5.41, 5.74) is 3.99. The van der Waals surface area contributed by atoms with Crippen LogP contribution in [0.15, 0.2) is 41.5 Å². The number of amides is 1. The minimum absolute atomic E-state index is 0.0338. The quantitative estimate of drug-likeness (QED) is 0.666. The summed E-state index contributed by atoms with van der Waals surface area (Å²) < 4.78 is 0. The van der Waals surface area contributed by atoms with E-state index in [1.54, 1.807) is 0 Å². The van der Waals surface area contributed by atoms with Gasteiger partial charge < -0.3 is 5.11 Å². The highest BCUT2D eigenvalue weighted by Crippen LogP contribution is 2.55. The molecule has 2 aliphatic carbocycles. The lowest BCUT2D eigenvalue weighted by molar-refractivity contribution is -0.122. The molecule has 0 saturated heterocycles. The van der Waals surface area contributed by atoms with Crippen molar-refractivity contribution in [2.24, 2.45) is 22.9 Å². The van der Waals surface area contributed by atoms with Crippen molar-refractivity contribution in [2.75, 3.05) is 0 Å². The smallest absolute Gasteiger partial charge is 0.243 e. The van der Waals surface area contributed by atoms with E-state index in [0.717, 1.165) is 10.8 Å². The van der Waals surface area contributed by atoms with Gasteiger partial charge in [0.2, 0.25) is 5.91 Å². The first-order chi connectivity index (χ1) is 11.7. The maximum absolute atomic E-state index is 12.3. The van der Waals surface area contributed by atoms with Crippen molar-refractivity contribution in [3.63, 3.8) is 0 Å². The summed E-state index contributed by atoms with van der Waals surface area (Å²) in [7, 11) is 0. The molecular formula is C20H22N2O2. The molecule has 2 aliphatic rings. The summed E-state index contributed by atoms with van der Waals surface area (Å²) in [5, 5.41) is 16.5. The van der Waals surface area contributed by atoms with Crippen molar-refractivity contribution in [3.05, 3.63) is 42.0 Å². The Labute approximate surface area is 141 Å². The fourth-order valence-corrected chi connectivity index (χ4v) is 4.20. The molecule has 4 rings (SSSR count). The zero-order valence-electron chi connectivity index (χ0n) is 13.8. The Hall–Kier alpha value is -2.36. The van der Waals surface area contributed by atoms with E-state index in [0.29, 0.717) is 23.1 Å². The van der Waals surface area contributed by atoms with Crippen LogP contribution in [0, 0.1) is 17.8 Å². The first kappa shape index (κ1) is 15.2. The molecular weight excluding hydrogens is 300 g/mol. The number of phenolic OH excluding ortho intramolecular Hbond substituents is 1. The van der Waals surface area contributed by atoms with Crippen LogP contribution >= 0.6 is 0 Å². The summed E-state index contributed by atoms with van der Waals surface area (Å²) >= 11 is 0. The molecule has 24 heavy (non-hydrogen) atoms. The number of fused-ring (bicyclic) bond motifs is 2. The third-order valence-corrected chi connectivity index (χ3v) is 5.58. The van der Waals surface area contributed by atoms with E-state index in [4.69, 9.17) is 0 Å². The lowest BCUT2D eigenvalue weighted by Gasteiger charge is -2.08. The van der Waals surface area contributed by atoms with Crippen molar-refractivity contribution >= 4 is 22.4 Å². The Balaban J connectivity index is 1.51. The van der Waals surface area contributed by atoms with Gasteiger partial charge in [-0.3, -0.25) is 4.79 Å². The van der Waals surface area contributed by atoms with Gasteiger partial charge in [0, 0.05) is 16.9 Å². The van der Waals surface area contributed by atoms with E-state index in [1.165, 1.54) is 25.7 Å². The van der Waals surface area contributed by atoms with Crippen LogP contribution < -0.4 is 5.43 Å². The summed E-state index contributed by atoms with van der Waals surface area (Å²) in [6.07, 6.45) is 4.85. The first-order valence-electron chi connectivity index (χ1n) is 8.72. The zero-order chi connectivity index (χ0) is 16.7. The van der Waals surface area contributed by atoms with Crippen LogP contribution in [0.4, 0.5) is 0 Å². The number of phenols is 1. The summed E-state index contributed by atoms with van der Waals surface area (Å²) in [4.78, 5) is 12.3. The minimum Gasteiger partial charge on any atom is -0.507 e. The van der Waals surface area contributed by atoms with E-state index >= 15 is 0 Å². The molecule has 0 radical (unpaired) electrons.